The molecule has 0 nitrogen and oxygen atoms in total. The maximum absolute atomic E-state index is 5.35. The van der Waals surface area contributed by atoms with Gasteiger partial charge in [-0.3, -0.25) is 5.47 Å². The first-order valence-corrected chi connectivity index (χ1v) is 2.23. The van der Waals surface area contributed by atoms with Crippen molar-refractivity contribution in [2.75, 3.05) is 0 Å². The van der Waals surface area contributed by atoms with Crippen molar-refractivity contribution in [2.24, 2.45) is 0 Å². The van der Waals surface area contributed by atoms with Crippen LogP contribution in [0.1, 0.15) is 6.92 Å². The van der Waals surface area contributed by atoms with Crippen LogP contribution in [0.15, 0.2) is 5.47 Å². The van der Waals surface area contributed by atoms with E-state index in [4.69, 9.17) is 6.58 Å². The molecular weight excluding hydrogens is 362 g/mol. The zero-order chi connectivity index (χ0) is 5.15. The van der Waals surface area contributed by atoms with Gasteiger partial charge in [-0.2, -0.15) is 0 Å². The summed E-state index contributed by atoms with van der Waals surface area (Å²) in [6.45, 7) is 12.0. The van der Waals surface area contributed by atoms with Crippen LogP contribution in [0.5, 0.6) is 0 Å². The van der Waals surface area contributed by atoms with Crippen molar-refractivity contribution in [3.63, 3.8) is 0 Å². The van der Waals surface area contributed by atoms with Crippen molar-refractivity contribution in [3.8, 4) is 0 Å². The van der Waals surface area contributed by atoms with E-state index in [2.05, 4.69) is 13.6 Å². The molecule has 3 radical (unpaired) electrons. The second kappa shape index (κ2) is 23.2. The largest absolute Gasteiger partial charge is 0.524 e. The Morgan fingerprint density at radius 1 is 1.00 bits per heavy atom. The van der Waals surface area contributed by atoms with Gasteiger partial charge in [0, 0.05) is 98.1 Å². The molecule has 0 unspecified atom stereocenters. The number of allylic oxidation sites excluding steroid dienone is 1. The van der Waals surface area contributed by atoms with Crippen LogP contribution in [0.4, 0.5) is 0 Å². The molecule has 0 bridgehead atoms. The molecule has 0 aliphatic rings. The van der Waals surface area contributed by atoms with Crippen molar-refractivity contribution in [1.29, 1.82) is 0 Å². The molecule has 0 spiro atoms. The van der Waals surface area contributed by atoms with Crippen LogP contribution in [-0.4, -0.2) is 6.71 Å². The van der Waals surface area contributed by atoms with Gasteiger partial charge in [0.05, 0.1) is 0 Å². The van der Waals surface area contributed by atoms with E-state index in [1.54, 1.807) is 0 Å². The van der Waals surface area contributed by atoms with Crippen LogP contribution in [-0.2, 0) is 98.1 Å². The maximum atomic E-state index is 5.35. The van der Waals surface area contributed by atoms with Gasteiger partial charge in [0.15, 0.2) is 0 Å². The van der Waals surface area contributed by atoms with Gasteiger partial charge in [-0.25, -0.2) is 0 Å². The Labute approximate surface area is 149 Å². The molecule has 0 atom stereocenters. The fourth-order valence-electron chi connectivity index (χ4n) is 0. The van der Waals surface area contributed by atoms with Gasteiger partial charge in [0.25, 0.3) is 0 Å². The smallest absolute Gasteiger partial charge is 0.126 e. The van der Waals surface area contributed by atoms with E-state index in [0.29, 0.717) is 6.71 Å². The van der Waals surface area contributed by atoms with Gasteiger partial charge in [-0.1, -0.05) is 20.6 Å². The molecule has 0 aromatic carbocycles. The van der Waals surface area contributed by atoms with E-state index in [9.17, 15) is 0 Å². The predicted molar refractivity (Wildman–Crippen MR) is 43.8 cm³/mol. The van der Waals surface area contributed by atoms with Crippen molar-refractivity contribution in [2.45, 2.75) is 20.6 Å². The molecule has 4 heteroatoms. The van der Waals surface area contributed by atoms with E-state index < -0.39 is 0 Å². The van der Waals surface area contributed by atoms with Gasteiger partial charge in [0.1, 0.15) is 6.71 Å². The fraction of sp³-hybridized carbons (Fsp3) is 0.429. The molecule has 0 saturated heterocycles. The summed E-state index contributed by atoms with van der Waals surface area (Å²) < 4.78 is 0. The monoisotopic (exact) mass is 378 g/mol. The Hall–Kier alpha value is 3.12. The molecule has 11 heavy (non-hydrogen) atoms. The third-order valence-corrected chi connectivity index (χ3v) is 0.911. The average Bonchev–Trinajstić information content (AvgIpc) is 1.36. The summed E-state index contributed by atoms with van der Waals surface area (Å²) >= 11 is 0. The number of hydrogen-bond donors (Lipinski definition) is 0. The minimum absolute atomic E-state index is 0. The van der Waals surface area contributed by atoms with Gasteiger partial charge in [-0.15, -0.1) is 0 Å². The Balaban J connectivity index is -0.0000000125. The number of rotatable bonds is 1. The average molecular weight is 378 g/mol. The predicted octanol–water partition coefficient (Wildman–Crippen LogP) is 2.55. The molecule has 0 saturated carbocycles. The van der Waals surface area contributed by atoms with Gasteiger partial charge in [-0.05, 0) is 0 Å². The molecule has 0 N–H and O–H groups in total. The molecular formula is C7H16BY3-3. The van der Waals surface area contributed by atoms with E-state index >= 15 is 0 Å². The summed E-state index contributed by atoms with van der Waals surface area (Å²) in [6.07, 6.45) is 0. The molecule has 0 aromatic rings. The first kappa shape index (κ1) is 36.9. The maximum Gasteiger partial charge on any atom is 0.126 e. The summed E-state index contributed by atoms with van der Waals surface area (Å²) in [4.78, 5) is 0. The van der Waals surface area contributed by atoms with Crippen molar-refractivity contribution < 1.29 is 98.1 Å². The molecule has 0 fully saturated rings. The summed E-state index contributed by atoms with van der Waals surface area (Å²) in [7, 11) is 0. The normalized spacial score (nSPS) is 4.27. The zero-order valence-electron chi connectivity index (χ0n) is 8.39. The van der Waals surface area contributed by atoms with E-state index in [0.717, 1.165) is 5.47 Å². The van der Waals surface area contributed by atoms with Crippen LogP contribution in [0.25, 0.3) is 0 Å². The molecule has 0 aromatic heterocycles. The van der Waals surface area contributed by atoms with Gasteiger partial charge in [0.2, 0.25) is 0 Å². The molecule has 0 heterocycles. The quantitative estimate of drug-likeness (QED) is 0.487. The van der Waals surface area contributed by atoms with Crippen LogP contribution >= 0.6 is 0 Å². The molecule has 0 amide bonds. The van der Waals surface area contributed by atoms with Crippen molar-refractivity contribution in [3.05, 3.63) is 26.9 Å². The molecule has 0 rings (SSSR count). The summed E-state index contributed by atoms with van der Waals surface area (Å²) in [5.41, 5.74) is 1.01. The fourth-order valence-corrected chi connectivity index (χ4v) is 0. The van der Waals surface area contributed by atoms with Crippen molar-refractivity contribution in [1.82, 2.24) is 0 Å². The van der Waals surface area contributed by atoms with E-state index in [1.165, 1.54) is 0 Å². The number of hydrogen-bond acceptors (Lipinski definition) is 0. The minimum atomic E-state index is 0. The van der Waals surface area contributed by atoms with Crippen LogP contribution in [0.2, 0.25) is 13.6 Å². The van der Waals surface area contributed by atoms with Crippen molar-refractivity contribution >= 4 is 6.71 Å². The summed E-state index contributed by atoms with van der Waals surface area (Å²) in [5.74, 6) is 0. The molecule has 0 aliphatic carbocycles. The minimum Gasteiger partial charge on any atom is -0.524 e. The SMILES string of the molecule is [CH-]=C(C)B(C)C.[CH3-].[CH3-].[Y].[Y].[Y]. The topological polar surface area (TPSA) is 0 Å². The zero-order valence-corrected chi connectivity index (χ0v) is 16.9. The Morgan fingerprint density at radius 2 is 1.09 bits per heavy atom. The Morgan fingerprint density at radius 3 is 1.09 bits per heavy atom. The van der Waals surface area contributed by atoms with E-state index in [-0.39, 0.29) is 113 Å². The summed E-state index contributed by atoms with van der Waals surface area (Å²) in [6, 6.07) is 0. The van der Waals surface area contributed by atoms with Gasteiger partial charge < -0.3 is 21.4 Å². The second-order valence-corrected chi connectivity index (χ2v) is 1.90. The molecule has 59 valence electrons. The third-order valence-electron chi connectivity index (χ3n) is 0.911. The van der Waals surface area contributed by atoms with Crippen LogP contribution in [0, 0.1) is 21.4 Å². The second-order valence-electron chi connectivity index (χ2n) is 1.90. The Kier molecular flexibility index (Phi) is 77.7. The first-order chi connectivity index (χ1) is 2.64. The first-order valence-electron chi connectivity index (χ1n) is 2.23. The van der Waals surface area contributed by atoms with Crippen LogP contribution < -0.4 is 0 Å². The standard InChI is InChI=1S/C5H10B.2CH3.3Y/c1-5(2)6(3)4;;;;;/h1H,2-4H3;2*1H3;;;/q3*-1;;;. The molecule has 0 aliphatic heterocycles. The summed E-state index contributed by atoms with van der Waals surface area (Å²) in [5, 5.41) is 0. The third kappa shape index (κ3) is 32.0. The Bertz CT molecular complexity index is 64.7. The van der Waals surface area contributed by atoms with Crippen LogP contribution in [0.3, 0.4) is 0 Å². The van der Waals surface area contributed by atoms with Gasteiger partial charge >= 0.3 is 0 Å². The van der Waals surface area contributed by atoms with E-state index in [1.807, 2.05) is 6.92 Å².